The number of likely N-dealkylation sites (tertiary alicyclic amines) is 1. The van der Waals surface area contributed by atoms with Gasteiger partial charge in [0.2, 0.25) is 5.91 Å². The van der Waals surface area contributed by atoms with E-state index in [1.807, 2.05) is 40.1 Å². The molecule has 2 fully saturated rings. The van der Waals surface area contributed by atoms with E-state index in [0.717, 1.165) is 43.2 Å². The van der Waals surface area contributed by atoms with Crippen molar-refractivity contribution in [1.29, 1.82) is 0 Å². The van der Waals surface area contributed by atoms with Gasteiger partial charge >= 0.3 is 6.03 Å². The van der Waals surface area contributed by atoms with Crippen molar-refractivity contribution in [3.8, 4) is 5.75 Å². The molecule has 6 heteroatoms. The number of carbonyl (C=O) groups is 2. The van der Waals surface area contributed by atoms with Crippen LogP contribution in [0.25, 0.3) is 0 Å². The fourth-order valence-corrected chi connectivity index (χ4v) is 5.61. The zero-order valence-corrected chi connectivity index (χ0v) is 17.7. The Hall–Kier alpha value is -3.02. The van der Waals surface area contributed by atoms with E-state index >= 15 is 0 Å². The van der Waals surface area contributed by atoms with E-state index in [2.05, 4.69) is 17.4 Å². The Kier molecular flexibility index (Phi) is 5.30. The third kappa shape index (κ3) is 3.75. The molecule has 3 aliphatic heterocycles. The quantitative estimate of drug-likeness (QED) is 0.802. The molecule has 3 atom stereocenters. The van der Waals surface area contributed by atoms with E-state index in [-0.39, 0.29) is 35.7 Å². The molecule has 5 rings (SSSR count). The van der Waals surface area contributed by atoms with Crippen LogP contribution >= 0.6 is 0 Å². The Labute approximate surface area is 182 Å². The minimum absolute atomic E-state index is 0.0178. The molecule has 0 radical (unpaired) electrons. The Balaban J connectivity index is 1.31. The lowest BCUT2D eigenvalue weighted by molar-refractivity contribution is -0.148. The zero-order chi connectivity index (χ0) is 21.4. The molecule has 0 aromatic heterocycles. The smallest absolute Gasteiger partial charge is 0.317 e. The second-order valence-electron chi connectivity index (χ2n) is 8.89. The third-order valence-electron chi connectivity index (χ3n) is 7.12. The van der Waals surface area contributed by atoms with E-state index < -0.39 is 0 Å². The van der Waals surface area contributed by atoms with Crippen LogP contribution in [0, 0.1) is 5.92 Å². The van der Waals surface area contributed by atoms with E-state index in [1.165, 1.54) is 5.56 Å². The van der Waals surface area contributed by atoms with Gasteiger partial charge in [-0.25, -0.2) is 4.79 Å². The van der Waals surface area contributed by atoms with Crippen molar-refractivity contribution in [1.82, 2.24) is 15.1 Å². The highest BCUT2D eigenvalue weighted by Gasteiger charge is 2.48. The number of fused-ring (bicyclic) bond motifs is 4. The monoisotopic (exact) mass is 419 g/mol. The summed E-state index contributed by atoms with van der Waals surface area (Å²) in [7, 11) is 0. The maximum Gasteiger partial charge on any atom is 0.317 e. The fourth-order valence-electron chi connectivity index (χ4n) is 5.61. The van der Waals surface area contributed by atoms with Crippen molar-refractivity contribution >= 4 is 11.9 Å². The molecule has 0 aliphatic carbocycles. The number of nitrogens with zero attached hydrogens (tertiary/aromatic N) is 2. The molecule has 3 aliphatic rings. The number of hydrogen-bond acceptors (Lipinski definition) is 3. The van der Waals surface area contributed by atoms with Gasteiger partial charge in [-0.2, -0.15) is 0 Å². The van der Waals surface area contributed by atoms with E-state index in [0.29, 0.717) is 19.6 Å². The van der Waals surface area contributed by atoms with Gasteiger partial charge < -0.3 is 20.2 Å². The zero-order valence-electron chi connectivity index (χ0n) is 17.7. The van der Waals surface area contributed by atoms with Crippen molar-refractivity contribution < 1.29 is 14.7 Å². The van der Waals surface area contributed by atoms with E-state index in [9.17, 15) is 14.7 Å². The molecule has 2 aromatic rings. The van der Waals surface area contributed by atoms with Crippen LogP contribution in [-0.4, -0.2) is 52.5 Å². The number of phenolic OH excluding ortho intramolecular Hbond substituents is 1. The molecule has 0 spiro atoms. The molecular weight excluding hydrogens is 390 g/mol. The summed E-state index contributed by atoms with van der Waals surface area (Å²) >= 11 is 0. The van der Waals surface area contributed by atoms with Crippen LogP contribution in [0.15, 0.2) is 48.5 Å². The van der Waals surface area contributed by atoms with Crippen LogP contribution in [0.3, 0.4) is 0 Å². The highest BCUT2D eigenvalue weighted by molar-refractivity contribution is 5.83. The minimum Gasteiger partial charge on any atom is -0.508 e. The van der Waals surface area contributed by atoms with Crippen LogP contribution in [0.5, 0.6) is 5.75 Å². The van der Waals surface area contributed by atoms with Crippen molar-refractivity contribution in [2.75, 3.05) is 19.6 Å². The molecule has 0 unspecified atom stereocenters. The van der Waals surface area contributed by atoms with Crippen molar-refractivity contribution in [3.63, 3.8) is 0 Å². The lowest BCUT2D eigenvalue weighted by Crippen LogP contribution is -2.61. The molecule has 0 saturated carbocycles. The van der Waals surface area contributed by atoms with Gasteiger partial charge in [0.25, 0.3) is 0 Å². The lowest BCUT2D eigenvalue weighted by Gasteiger charge is -2.51. The van der Waals surface area contributed by atoms with Gasteiger partial charge in [-0.1, -0.05) is 36.4 Å². The first-order valence-corrected chi connectivity index (χ1v) is 11.3. The Morgan fingerprint density at radius 2 is 1.97 bits per heavy atom. The molecule has 0 bridgehead atoms. The van der Waals surface area contributed by atoms with Gasteiger partial charge in [0.1, 0.15) is 5.75 Å². The van der Waals surface area contributed by atoms with Crippen molar-refractivity contribution in [2.24, 2.45) is 5.92 Å². The Morgan fingerprint density at radius 1 is 1.13 bits per heavy atom. The predicted octanol–water partition coefficient (Wildman–Crippen LogP) is 3.25. The number of urea groups is 1. The van der Waals surface area contributed by atoms with Gasteiger partial charge in [0, 0.05) is 25.7 Å². The maximum absolute atomic E-state index is 13.4. The van der Waals surface area contributed by atoms with E-state index in [1.54, 1.807) is 6.07 Å². The van der Waals surface area contributed by atoms with Crippen LogP contribution in [0.4, 0.5) is 4.79 Å². The van der Waals surface area contributed by atoms with Crippen LogP contribution in [0.2, 0.25) is 0 Å². The van der Waals surface area contributed by atoms with Gasteiger partial charge in [-0.05, 0) is 60.9 Å². The largest absolute Gasteiger partial charge is 0.508 e. The molecule has 3 amide bonds. The predicted molar refractivity (Wildman–Crippen MR) is 118 cm³/mol. The number of piperidine rings is 2. The highest BCUT2D eigenvalue weighted by Crippen LogP contribution is 2.44. The number of nitrogens with one attached hydrogen (secondary N) is 1. The maximum atomic E-state index is 13.4. The fraction of sp³-hybridized carbons (Fsp3) is 0.440. The number of hydrogen-bond donors (Lipinski definition) is 2. The average Bonchev–Trinajstić information content (AvgIpc) is 2.79. The standard InChI is InChI=1S/C25H29N3O3/c29-19-8-9-20-18(15-19)11-14-27-22(20)16-23-21(24(27)30)7-4-13-28(23)25(31)26-12-10-17-5-2-1-3-6-17/h1-3,5-6,8-9,15,21-23,29H,4,7,10-14,16H2,(H,26,31)/t21-,22-,23-/m0/s1. The molecule has 2 saturated heterocycles. The minimum atomic E-state index is -0.108. The second kappa shape index (κ2) is 8.25. The van der Waals surface area contributed by atoms with Crippen molar-refractivity contribution in [2.45, 2.75) is 44.2 Å². The molecular formula is C25H29N3O3. The van der Waals surface area contributed by atoms with Crippen LogP contribution in [-0.2, 0) is 17.6 Å². The van der Waals surface area contributed by atoms with Crippen LogP contribution in [0.1, 0.15) is 42.0 Å². The topological polar surface area (TPSA) is 72.9 Å². The number of rotatable bonds is 3. The second-order valence-corrected chi connectivity index (χ2v) is 8.89. The van der Waals surface area contributed by atoms with Gasteiger partial charge in [0.05, 0.1) is 12.0 Å². The van der Waals surface area contributed by atoms with E-state index in [4.69, 9.17) is 0 Å². The van der Waals surface area contributed by atoms with Crippen molar-refractivity contribution in [3.05, 3.63) is 65.2 Å². The summed E-state index contributed by atoms with van der Waals surface area (Å²) in [5.41, 5.74) is 3.43. The normalized spacial score (nSPS) is 24.8. The summed E-state index contributed by atoms with van der Waals surface area (Å²) in [5, 5.41) is 12.9. The summed E-state index contributed by atoms with van der Waals surface area (Å²) in [6.45, 7) is 1.97. The number of carbonyl (C=O) groups excluding carboxylic acids is 2. The van der Waals surface area contributed by atoms with Gasteiger partial charge in [0.15, 0.2) is 0 Å². The third-order valence-corrected chi connectivity index (χ3v) is 7.12. The first-order chi connectivity index (χ1) is 15.1. The summed E-state index contributed by atoms with van der Waals surface area (Å²) < 4.78 is 0. The first-order valence-electron chi connectivity index (χ1n) is 11.3. The highest BCUT2D eigenvalue weighted by atomic mass is 16.3. The molecule has 162 valence electrons. The number of aromatic hydroxyl groups is 1. The number of phenols is 1. The molecule has 2 N–H and O–H groups in total. The summed E-state index contributed by atoms with van der Waals surface area (Å²) in [5.74, 6) is 0.342. The first kappa shape index (κ1) is 19.9. The number of amides is 3. The molecule has 3 heterocycles. The summed E-state index contributed by atoms with van der Waals surface area (Å²) in [6.07, 6.45) is 4.04. The van der Waals surface area contributed by atoms with Gasteiger partial charge in [-0.15, -0.1) is 0 Å². The van der Waals surface area contributed by atoms with Crippen LogP contribution < -0.4 is 5.32 Å². The summed E-state index contributed by atoms with van der Waals surface area (Å²) in [6, 6.07) is 15.5. The Bertz CT molecular complexity index is 977. The molecule has 6 nitrogen and oxygen atoms in total. The SMILES string of the molecule is O=C1[C@H]2CCCN(C(=O)NCCc3ccccc3)[C@H]2C[C@H]2c3ccc(O)cc3CCN12. The Morgan fingerprint density at radius 3 is 2.81 bits per heavy atom. The molecule has 31 heavy (non-hydrogen) atoms. The van der Waals surface area contributed by atoms with Gasteiger partial charge in [-0.3, -0.25) is 4.79 Å². The number of benzene rings is 2. The lowest BCUT2D eigenvalue weighted by atomic mass is 9.76. The summed E-state index contributed by atoms with van der Waals surface area (Å²) in [4.78, 5) is 30.3. The molecule has 2 aromatic carbocycles. The average molecular weight is 420 g/mol.